The molecule has 1 aromatic heterocycles. The summed E-state index contributed by atoms with van der Waals surface area (Å²) in [5.41, 5.74) is 2.35. The topological polar surface area (TPSA) is 85.6 Å². The molecule has 6 nitrogen and oxygen atoms in total. The summed E-state index contributed by atoms with van der Waals surface area (Å²) in [5, 5.41) is 3.05. The number of ether oxygens (including phenoxy) is 1. The van der Waals surface area contributed by atoms with Crippen LogP contribution in [0, 0.1) is 19.7 Å². The molecule has 0 aliphatic carbocycles. The van der Waals surface area contributed by atoms with Crippen LogP contribution in [-0.4, -0.2) is 18.4 Å². The first-order valence-corrected chi connectivity index (χ1v) is 8.57. The smallest absolute Gasteiger partial charge is 0.336 e. The zero-order valence-electron chi connectivity index (χ0n) is 15.4. The molecule has 0 bridgehead atoms. The SMILES string of the molecule is Cc1ccc2c(COC(=O)CNC(=O)c3cccc(F)c3)cc(=O)oc2c1C. The predicted molar refractivity (Wildman–Crippen MR) is 100 cm³/mol. The van der Waals surface area contributed by atoms with Crippen LogP contribution in [0.15, 0.2) is 51.7 Å². The Bertz CT molecular complexity index is 1120. The van der Waals surface area contributed by atoms with Crippen molar-refractivity contribution in [3.8, 4) is 0 Å². The summed E-state index contributed by atoms with van der Waals surface area (Å²) in [4.78, 5) is 35.7. The fraction of sp³-hybridized carbons (Fsp3) is 0.190. The highest BCUT2D eigenvalue weighted by Gasteiger charge is 2.13. The summed E-state index contributed by atoms with van der Waals surface area (Å²) < 4.78 is 23.6. The Hall–Kier alpha value is -3.48. The molecule has 0 radical (unpaired) electrons. The Morgan fingerprint density at radius 3 is 2.68 bits per heavy atom. The van der Waals surface area contributed by atoms with Gasteiger partial charge in [0.2, 0.25) is 0 Å². The normalized spacial score (nSPS) is 10.7. The molecule has 2 aromatic carbocycles. The first-order valence-electron chi connectivity index (χ1n) is 8.57. The molecule has 0 spiro atoms. The molecule has 1 heterocycles. The van der Waals surface area contributed by atoms with Crippen molar-refractivity contribution in [2.24, 2.45) is 0 Å². The molecule has 3 rings (SSSR count). The summed E-state index contributed by atoms with van der Waals surface area (Å²) in [7, 11) is 0. The van der Waals surface area contributed by atoms with Gasteiger partial charge in [-0.05, 0) is 43.2 Å². The van der Waals surface area contributed by atoms with Gasteiger partial charge in [-0.25, -0.2) is 9.18 Å². The summed E-state index contributed by atoms with van der Waals surface area (Å²) in [6.45, 7) is 3.23. The zero-order valence-corrected chi connectivity index (χ0v) is 15.4. The third kappa shape index (κ3) is 4.25. The van der Waals surface area contributed by atoms with Crippen molar-refractivity contribution < 1.29 is 23.1 Å². The molecule has 0 aliphatic heterocycles. The van der Waals surface area contributed by atoms with Crippen LogP contribution in [0.5, 0.6) is 0 Å². The highest BCUT2D eigenvalue weighted by molar-refractivity contribution is 5.95. The van der Waals surface area contributed by atoms with Crippen molar-refractivity contribution in [1.29, 1.82) is 0 Å². The number of rotatable bonds is 5. The second kappa shape index (κ2) is 8.04. The minimum Gasteiger partial charge on any atom is -0.459 e. The van der Waals surface area contributed by atoms with E-state index in [2.05, 4.69) is 5.32 Å². The summed E-state index contributed by atoms with van der Waals surface area (Å²) in [5.74, 6) is -1.82. The molecule has 0 fully saturated rings. The number of nitrogens with one attached hydrogen (secondary N) is 1. The minimum atomic E-state index is -0.685. The van der Waals surface area contributed by atoms with Crippen LogP contribution >= 0.6 is 0 Å². The fourth-order valence-electron chi connectivity index (χ4n) is 2.74. The van der Waals surface area contributed by atoms with Crippen LogP contribution < -0.4 is 10.9 Å². The average molecular weight is 383 g/mol. The van der Waals surface area contributed by atoms with Crippen molar-refractivity contribution in [2.45, 2.75) is 20.5 Å². The van der Waals surface area contributed by atoms with E-state index in [-0.39, 0.29) is 18.7 Å². The van der Waals surface area contributed by atoms with E-state index in [0.717, 1.165) is 17.2 Å². The minimum absolute atomic E-state index is 0.102. The molecule has 0 atom stereocenters. The number of benzene rings is 2. The van der Waals surface area contributed by atoms with Gasteiger partial charge in [-0.1, -0.05) is 18.2 Å². The lowest BCUT2D eigenvalue weighted by atomic mass is 10.0. The molecule has 0 unspecified atom stereocenters. The van der Waals surface area contributed by atoms with Crippen molar-refractivity contribution in [2.75, 3.05) is 6.54 Å². The Labute approximate surface area is 159 Å². The van der Waals surface area contributed by atoms with Crippen LogP contribution in [0.4, 0.5) is 4.39 Å². The van der Waals surface area contributed by atoms with Gasteiger partial charge in [0, 0.05) is 22.6 Å². The number of halogens is 1. The molecule has 3 aromatic rings. The lowest BCUT2D eigenvalue weighted by Crippen LogP contribution is -2.30. The molecule has 0 saturated carbocycles. The van der Waals surface area contributed by atoms with E-state index in [1.165, 1.54) is 24.3 Å². The van der Waals surface area contributed by atoms with E-state index in [1.807, 2.05) is 19.9 Å². The molecular weight excluding hydrogens is 365 g/mol. The first-order chi connectivity index (χ1) is 13.3. The monoisotopic (exact) mass is 383 g/mol. The van der Waals surface area contributed by atoms with E-state index in [0.29, 0.717) is 16.5 Å². The van der Waals surface area contributed by atoms with Gasteiger partial charge in [-0.3, -0.25) is 9.59 Å². The Morgan fingerprint density at radius 1 is 1.14 bits per heavy atom. The van der Waals surface area contributed by atoms with Gasteiger partial charge in [0.05, 0.1) is 0 Å². The number of carbonyl (C=O) groups is 2. The number of amides is 1. The maximum absolute atomic E-state index is 13.1. The van der Waals surface area contributed by atoms with Gasteiger partial charge in [0.1, 0.15) is 24.6 Å². The summed E-state index contributed by atoms with van der Waals surface area (Å²) >= 11 is 0. The van der Waals surface area contributed by atoms with Crippen molar-refractivity contribution >= 4 is 22.8 Å². The van der Waals surface area contributed by atoms with Crippen molar-refractivity contribution in [1.82, 2.24) is 5.32 Å². The molecule has 1 amide bonds. The first kappa shape index (κ1) is 19.3. The van der Waals surface area contributed by atoms with Crippen LogP contribution in [0.2, 0.25) is 0 Å². The Kier molecular flexibility index (Phi) is 5.54. The number of esters is 1. The van der Waals surface area contributed by atoms with Gasteiger partial charge in [0.25, 0.3) is 5.91 Å². The van der Waals surface area contributed by atoms with E-state index in [9.17, 15) is 18.8 Å². The summed E-state index contributed by atoms with van der Waals surface area (Å²) in [6.07, 6.45) is 0. The third-order valence-corrected chi connectivity index (χ3v) is 4.39. The van der Waals surface area contributed by atoms with Crippen LogP contribution in [-0.2, 0) is 16.1 Å². The van der Waals surface area contributed by atoms with Gasteiger partial charge in [-0.15, -0.1) is 0 Å². The van der Waals surface area contributed by atoms with Crippen LogP contribution in [0.25, 0.3) is 11.0 Å². The standard InChI is InChI=1S/C21H18FNO5/c1-12-6-7-17-15(9-18(24)28-20(17)13(12)2)11-27-19(25)10-23-21(26)14-4-3-5-16(22)8-14/h3-9H,10-11H2,1-2H3,(H,23,26). The fourth-order valence-corrected chi connectivity index (χ4v) is 2.74. The maximum atomic E-state index is 13.1. The number of hydrogen-bond acceptors (Lipinski definition) is 5. The predicted octanol–water partition coefficient (Wildman–Crippen LogP) is 3.02. The Morgan fingerprint density at radius 2 is 1.93 bits per heavy atom. The molecule has 0 aliphatic rings. The number of hydrogen-bond donors (Lipinski definition) is 1. The number of fused-ring (bicyclic) bond motifs is 1. The highest BCUT2D eigenvalue weighted by Crippen LogP contribution is 2.23. The maximum Gasteiger partial charge on any atom is 0.336 e. The van der Waals surface area contributed by atoms with Crippen molar-refractivity contribution in [3.63, 3.8) is 0 Å². The largest absolute Gasteiger partial charge is 0.459 e. The van der Waals surface area contributed by atoms with E-state index >= 15 is 0 Å². The second-order valence-electron chi connectivity index (χ2n) is 6.33. The van der Waals surface area contributed by atoms with E-state index in [1.54, 1.807) is 6.07 Å². The van der Waals surface area contributed by atoms with Crippen LogP contribution in [0.3, 0.4) is 0 Å². The quantitative estimate of drug-likeness (QED) is 0.541. The lowest BCUT2D eigenvalue weighted by molar-refractivity contribution is -0.143. The third-order valence-electron chi connectivity index (χ3n) is 4.39. The molecule has 144 valence electrons. The summed E-state index contributed by atoms with van der Waals surface area (Å²) in [6, 6.07) is 10.1. The molecular formula is C21H18FNO5. The average Bonchev–Trinajstić information content (AvgIpc) is 2.67. The zero-order chi connectivity index (χ0) is 20.3. The molecule has 0 saturated heterocycles. The molecule has 28 heavy (non-hydrogen) atoms. The van der Waals surface area contributed by atoms with Crippen molar-refractivity contribution in [3.05, 3.63) is 81.0 Å². The molecule has 1 N–H and O–H groups in total. The highest BCUT2D eigenvalue weighted by atomic mass is 19.1. The second-order valence-corrected chi connectivity index (χ2v) is 6.33. The Balaban J connectivity index is 1.66. The van der Waals surface area contributed by atoms with Crippen LogP contribution in [0.1, 0.15) is 27.0 Å². The van der Waals surface area contributed by atoms with E-state index in [4.69, 9.17) is 9.15 Å². The number of aryl methyl sites for hydroxylation is 2. The van der Waals surface area contributed by atoms with Gasteiger partial charge in [0.15, 0.2) is 0 Å². The number of carbonyl (C=O) groups excluding carboxylic acids is 2. The molecule has 7 heteroatoms. The van der Waals surface area contributed by atoms with E-state index < -0.39 is 23.3 Å². The van der Waals surface area contributed by atoms with Gasteiger partial charge in [-0.2, -0.15) is 0 Å². The van der Waals surface area contributed by atoms with Gasteiger partial charge >= 0.3 is 11.6 Å². The van der Waals surface area contributed by atoms with Gasteiger partial charge < -0.3 is 14.5 Å². The lowest BCUT2D eigenvalue weighted by Gasteiger charge is -2.10.